The van der Waals surface area contributed by atoms with E-state index in [2.05, 4.69) is 16.4 Å². The molecule has 0 aliphatic heterocycles. The summed E-state index contributed by atoms with van der Waals surface area (Å²) in [7, 11) is 0. The summed E-state index contributed by atoms with van der Waals surface area (Å²) >= 11 is 0. The van der Waals surface area contributed by atoms with Gasteiger partial charge in [-0.25, -0.2) is 4.89 Å². The van der Waals surface area contributed by atoms with Crippen LogP contribution in [0.1, 0.15) is 6.92 Å². The molecule has 0 unspecified atom stereocenters. The van der Waals surface area contributed by atoms with Gasteiger partial charge in [-0.2, -0.15) is 0 Å². The predicted octanol–water partition coefficient (Wildman–Crippen LogP) is 2.03. The van der Waals surface area contributed by atoms with Gasteiger partial charge < -0.3 is 0 Å². The largest absolute Gasteiger partial charge is 0.549 e. The molecule has 0 radical (unpaired) electrons. The van der Waals surface area contributed by atoms with E-state index in [0.29, 0.717) is 5.57 Å². The van der Waals surface area contributed by atoms with E-state index in [-0.39, 0.29) is 6.61 Å². The third-order valence-corrected chi connectivity index (χ3v) is 0.459. The zero-order valence-electron chi connectivity index (χ0n) is 5.36. The minimum absolute atomic E-state index is 0.250. The van der Waals surface area contributed by atoms with Crippen LogP contribution in [0.25, 0.3) is 0 Å². The predicted molar refractivity (Wildman–Crippen MR) is 27.9 cm³/mol. The molecule has 0 fully saturated rings. The Morgan fingerprint density at radius 3 is 2.30 bits per heavy atom. The standard InChI is InChI=1S/C5H7F3O2/c1-4(2)3-9-10-5(6,7)8/h1,3H2,2H3. The number of halogens is 3. The van der Waals surface area contributed by atoms with Crippen molar-refractivity contribution >= 4 is 0 Å². The summed E-state index contributed by atoms with van der Waals surface area (Å²) in [5.74, 6) is 0. The maximum Gasteiger partial charge on any atom is 0.549 e. The fourth-order valence-electron chi connectivity index (χ4n) is 0.197. The van der Waals surface area contributed by atoms with Gasteiger partial charge in [0.25, 0.3) is 0 Å². The second kappa shape index (κ2) is 3.58. The highest BCUT2D eigenvalue weighted by Gasteiger charge is 2.30. The molecule has 0 aromatic heterocycles. The third kappa shape index (κ3) is 7.45. The highest BCUT2D eigenvalue weighted by atomic mass is 19.4. The molecule has 60 valence electrons. The van der Waals surface area contributed by atoms with Crippen molar-refractivity contribution in [2.75, 3.05) is 6.61 Å². The van der Waals surface area contributed by atoms with Crippen LogP contribution in [0.5, 0.6) is 0 Å². The van der Waals surface area contributed by atoms with Crippen molar-refractivity contribution in [3.8, 4) is 0 Å². The summed E-state index contributed by atoms with van der Waals surface area (Å²) in [6, 6.07) is 0. The van der Waals surface area contributed by atoms with E-state index >= 15 is 0 Å². The van der Waals surface area contributed by atoms with Crippen LogP contribution in [0.3, 0.4) is 0 Å². The highest BCUT2D eigenvalue weighted by Crippen LogP contribution is 2.16. The lowest BCUT2D eigenvalue weighted by Gasteiger charge is -2.04. The molecule has 0 aromatic carbocycles. The van der Waals surface area contributed by atoms with E-state index in [1.165, 1.54) is 6.92 Å². The normalized spacial score (nSPS) is 11.6. The Morgan fingerprint density at radius 1 is 1.50 bits per heavy atom. The molecule has 0 heterocycles. The Morgan fingerprint density at radius 2 is 2.00 bits per heavy atom. The first-order chi connectivity index (χ1) is 4.42. The summed E-state index contributed by atoms with van der Waals surface area (Å²) in [5, 5.41) is 0. The topological polar surface area (TPSA) is 18.5 Å². The summed E-state index contributed by atoms with van der Waals surface area (Å²) in [6.07, 6.45) is -4.73. The van der Waals surface area contributed by atoms with Crippen LogP contribution in [-0.4, -0.2) is 13.0 Å². The second-order valence-electron chi connectivity index (χ2n) is 1.75. The number of rotatable bonds is 3. The molecule has 0 atom stereocenters. The summed E-state index contributed by atoms with van der Waals surface area (Å²) in [6.45, 7) is 4.58. The Bertz CT molecular complexity index is 119. The van der Waals surface area contributed by atoms with Crippen LogP contribution >= 0.6 is 0 Å². The Hall–Kier alpha value is -0.550. The van der Waals surface area contributed by atoms with Crippen molar-refractivity contribution in [1.29, 1.82) is 0 Å². The van der Waals surface area contributed by atoms with E-state index in [0.717, 1.165) is 0 Å². The number of hydrogen-bond acceptors (Lipinski definition) is 2. The van der Waals surface area contributed by atoms with Gasteiger partial charge >= 0.3 is 6.36 Å². The fraction of sp³-hybridized carbons (Fsp3) is 0.600. The van der Waals surface area contributed by atoms with Gasteiger partial charge in [0.05, 0.1) is 0 Å². The highest BCUT2D eigenvalue weighted by molar-refractivity contribution is 4.86. The van der Waals surface area contributed by atoms with Gasteiger partial charge in [-0.05, 0) is 6.92 Å². The van der Waals surface area contributed by atoms with Crippen LogP contribution in [-0.2, 0) is 9.78 Å². The van der Waals surface area contributed by atoms with Gasteiger partial charge in [-0.1, -0.05) is 12.2 Å². The monoisotopic (exact) mass is 156 g/mol. The van der Waals surface area contributed by atoms with Crippen LogP contribution < -0.4 is 0 Å². The van der Waals surface area contributed by atoms with Gasteiger partial charge in [0.1, 0.15) is 6.61 Å². The average molecular weight is 156 g/mol. The lowest BCUT2D eigenvalue weighted by atomic mass is 10.4. The molecule has 0 N–H and O–H groups in total. The van der Waals surface area contributed by atoms with Crippen LogP contribution in [0.4, 0.5) is 13.2 Å². The molecule has 0 amide bonds. The van der Waals surface area contributed by atoms with Gasteiger partial charge in [0.15, 0.2) is 0 Å². The Labute approximate surface area is 56.2 Å². The van der Waals surface area contributed by atoms with E-state index in [4.69, 9.17) is 0 Å². The molecular weight excluding hydrogens is 149 g/mol. The third-order valence-electron chi connectivity index (χ3n) is 0.459. The summed E-state index contributed by atoms with van der Waals surface area (Å²) < 4.78 is 33.4. The SMILES string of the molecule is C=C(C)COOC(F)(F)F. The van der Waals surface area contributed by atoms with Crippen molar-refractivity contribution in [1.82, 2.24) is 0 Å². The Kier molecular flexibility index (Phi) is 3.38. The first-order valence-electron chi connectivity index (χ1n) is 2.43. The zero-order chi connectivity index (χ0) is 8.20. The van der Waals surface area contributed by atoms with Crippen molar-refractivity contribution in [3.63, 3.8) is 0 Å². The van der Waals surface area contributed by atoms with Crippen molar-refractivity contribution in [2.24, 2.45) is 0 Å². The van der Waals surface area contributed by atoms with Gasteiger partial charge in [0.2, 0.25) is 0 Å². The van der Waals surface area contributed by atoms with Crippen molar-refractivity contribution < 1.29 is 22.9 Å². The van der Waals surface area contributed by atoms with Crippen molar-refractivity contribution in [2.45, 2.75) is 13.3 Å². The first-order valence-corrected chi connectivity index (χ1v) is 2.43. The molecule has 10 heavy (non-hydrogen) atoms. The van der Waals surface area contributed by atoms with Gasteiger partial charge in [-0.3, -0.25) is 0 Å². The van der Waals surface area contributed by atoms with Gasteiger partial charge in [0, 0.05) is 0 Å². The van der Waals surface area contributed by atoms with E-state index in [9.17, 15) is 13.2 Å². The molecule has 0 aliphatic rings. The summed E-state index contributed by atoms with van der Waals surface area (Å²) in [4.78, 5) is 6.71. The second-order valence-corrected chi connectivity index (χ2v) is 1.75. The number of hydrogen-bond donors (Lipinski definition) is 0. The fourth-order valence-corrected chi connectivity index (χ4v) is 0.197. The molecule has 0 rings (SSSR count). The molecule has 5 heteroatoms. The molecule has 0 spiro atoms. The van der Waals surface area contributed by atoms with E-state index in [1.54, 1.807) is 0 Å². The quantitative estimate of drug-likeness (QED) is 0.353. The lowest BCUT2D eigenvalue weighted by Crippen LogP contribution is -2.14. The average Bonchev–Trinajstić information content (AvgIpc) is 1.59. The smallest absolute Gasteiger partial charge is 0.224 e. The van der Waals surface area contributed by atoms with Crippen LogP contribution in [0.15, 0.2) is 12.2 Å². The molecule has 2 nitrogen and oxygen atoms in total. The maximum atomic E-state index is 11.1. The molecule has 0 aromatic rings. The molecule has 0 bridgehead atoms. The first kappa shape index (κ1) is 9.45. The minimum Gasteiger partial charge on any atom is -0.224 e. The molecule has 0 saturated carbocycles. The number of alkyl halides is 3. The van der Waals surface area contributed by atoms with E-state index < -0.39 is 6.36 Å². The van der Waals surface area contributed by atoms with Crippen LogP contribution in [0, 0.1) is 0 Å². The van der Waals surface area contributed by atoms with Crippen molar-refractivity contribution in [3.05, 3.63) is 12.2 Å². The molecule has 0 saturated heterocycles. The maximum absolute atomic E-state index is 11.1. The van der Waals surface area contributed by atoms with Gasteiger partial charge in [-0.15, -0.1) is 18.1 Å². The molecular formula is C5H7F3O2. The lowest BCUT2D eigenvalue weighted by molar-refractivity contribution is -0.481. The van der Waals surface area contributed by atoms with Crippen LogP contribution in [0.2, 0.25) is 0 Å². The zero-order valence-corrected chi connectivity index (χ0v) is 5.36. The summed E-state index contributed by atoms with van der Waals surface area (Å²) in [5.41, 5.74) is 0.462. The Balaban J connectivity index is 3.29. The molecule has 0 aliphatic carbocycles. The van der Waals surface area contributed by atoms with E-state index in [1.807, 2.05) is 0 Å². The minimum atomic E-state index is -4.73.